The average Bonchev–Trinajstić information content (AvgIpc) is 2.32. The van der Waals surface area contributed by atoms with Crippen molar-refractivity contribution in [2.75, 3.05) is 32.8 Å². The zero-order valence-electron chi connectivity index (χ0n) is 10.8. The topological polar surface area (TPSA) is 66.8 Å². The predicted molar refractivity (Wildman–Crippen MR) is 64.7 cm³/mol. The molecule has 1 N–H and O–H groups in total. The largest absolute Gasteiger partial charge is 0.466 e. The van der Waals surface area contributed by atoms with Gasteiger partial charge in [0.05, 0.1) is 19.6 Å². The van der Waals surface area contributed by atoms with Crippen molar-refractivity contribution in [3.63, 3.8) is 0 Å². The third-order valence-electron chi connectivity index (χ3n) is 2.39. The van der Waals surface area contributed by atoms with Crippen molar-refractivity contribution in [1.29, 1.82) is 0 Å². The molecule has 0 aliphatic rings. The molecule has 0 spiro atoms. The fraction of sp³-hybridized carbons (Fsp3) is 0.833. The monoisotopic (exact) mass is 245 g/mol. The molecule has 100 valence electrons. The maximum Gasteiger partial charge on any atom is 0.306 e. The van der Waals surface area contributed by atoms with Gasteiger partial charge in [0.25, 0.3) is 0 Å². The number of carbonyl (C=O) groups is 2. The molecule has 0 saturated carbocycles. The number of carbonyl (C=O) groups excluding carboxylic acids is 2. The van der Waals surface area contributed by atoms with Crippen LogP contribution in [0, 0.1) is 0 Å². The highest BCUT2D eigenvalue weighted by molar-refractivity contribution is 5.84. The van der Waals surface area contributed by atoms with Crippen LogP contribution in [-0.2, 0) is 14.3 Å². The van der Waals surface area contributed by atoms with Crippen LogP contribution in [0.4, 0.5) is 0 Å². The first kappa shape index (κ1) is 16.1. The van der Waals surface area contributed by atoms with Crippen LogP contribution in [-0.4, -0.2) is 54.6 Å². The Balaban J connectivity index is 3.78. The fourth-order valence-corrected chi connectivity index (χ4v) is 1.45. The second-order valence-electron chi connectivity index (χ2n) is 3.79. The SMILES string of the molecule is CCOC(=O)CCC(=O)CN(CC)CCCO. The molecule has 0 unspecified atom stereocenters. The number of aliphatic hydroxyl groups excluding tert-OH is 1. The molecule has 0 aromatic heterocycles. The molecule has 0 atom stereocenters. The summed E-state index contributed by atoms with van der Waals surface area (Å²) in [4.78, 5) is 24.6. The molecule has 0 aliphatic carbocycles. The van der Waals surface area contributed by atoms with Crippen LogP contribution in [0.2, 0.25) is 0 Å². The summed E-state index contributed by atoms with van der Waals surface area (Å²) in [7, 11) is 0. The molecule has 0 aromatic rings. The molecule has 0 rings (SSSR count). The van der Waals surface area contributed by atoms with E-state index in [1.165, 1.54) is 0 Å². The molecule has 0 fully saturated rings. The second kappa shape index (κ2) is 10.2. The normalized spacial score (nSPS) is 10.6. The quantitative estimate of drug-likeness (QED) is 0.571. The number of esters is 1. The maximum atomic E-state index is 11.6. The highest BCUT2D eigenvalue weighted by Gasteiger charge is 2.11. The van der Waals surface area contributed by atoms with Crippen LogP contribution in [0.1, 0.15) is 33.1 Å². The van der Waals surface area contributed by atoms with Crippen LogP contribution in [0.15, 0.2) is 0 Å². The summed E-state index contributed by atoms with van der Waals surface area (Å²) in [5, 5.41) is 8.71. The second-order valence-corrected chi connectivity index (χ2v) is 3.79. The summed E-state index contributed by atoms with van der Waals surface area (Å²) in [6.45, 7) is 6.01. The van der Waals surface area contributed by atoms with Gasteiger partial charge in [-0.15, -0.1) is 0 Å². The van der Waals surface area contributed by atoms with Crippen LogP contribution in [0.5, 0.6) is 0 Å². The number of hydrogen-bond acceptors (Lipinski definition) is 5. The van der Waals surface area contributed by atoms with Gasteiger partial charge in [-0.2, -0.15) is 0 Å². The lowest BCUT2D eigenvalue weighted by molar-refractivity contribution is -0.144. The Bertz CT molecular complexity index is 231. The number of ether oxygens (including phenoxy) is 1. The van der Waals surface area contributed by atoms with Crippen molar-refractivity contribution < 1.29 is 19.4 Å². The minimum atomic E-state index is -0.320. The van der Waals surface area contributed by atoms with Crippen LogP contribution >= 0.6 is 0 Å². The van der Waals surface area contributed by atoms with Crippen LogP contribution in [0.3, 0.4) is 0 Å². The molecule has 0 radical (unpaired) electrons. The lowest BCUT2D eigenvalue weighted by atomic mass is 10.2. The zero-order valence-corrected chi connectivity index (χ0v) is 10.8. The Morgan fingerprint density at radius 2 is 1.94 bits per heavy atom. The summed E-state index contributed by atoms with van der Waals surface area (Å²) in [5.74, 6) is -0.280. The van der Waals surface area contributed by atoms with Gasteiger partial charge < -0.3 is 9.84 Å². The lowest BCUT2D eigenvalue weighted by Gasteiger charge is -2.18. The minimum absolute atomic E-state index is 0.0397. The van der Waals surface area contributed by atoms with E-state index in [2.05, 4.69) is 0 Å². The van der Waals surface area contributed by atoms with Gasteiger partial charge in [0.15, 0.2) is 0 Å². The first-order chi connectivity index (χ1) is 8.13. The number of Topliss-reactive ketones (excluding diaryl/α,β-unsaturated/α-hetero) is 1. The third-order valence-corrected chi connectivity index (χ3v) is 2.39. The number of rotatable bonds is 10. The summed E-state index contributed by atoms with van der Waals surface area (Å²) in [5.41, 5.74) is 0. The van der Waals surface area contributed by atoms with Crippen molar-refractivity contribution in [2.24, 2.45) is 0 Å². The van der Waals surface area contributed by atoms with E-state index in [0.29, 0.717) is 26.1 Å². The first-order valence-corrected chi connectivity index (χ1v) is 6.14. The highest BCUT2D eigenvalue weighted by atomic mass is 16.5. The van der Waals surface area contributed by atoms with E-state index in [9.17, 15) is 9.59 Å². The number of ketones is 1. The smallest absolute Gasteiger partial charge is 0.306 e. The Labute approximate surface area is 103 Å². The maximum absolute atomic E-state index is 11.6. The van der Waals surface area contributed by atoms with Crippen molar-refractivity contribution >= 4 is 11.8 Å². The number of hydrogen-bond donors (Lipinski definition) is 1. The van der Waals surface area contributed by atoms with Crippen molar-refractivity contribution in [2.45, 2.75) is 33.1 Å². The van der Waals surface area contributed by atoms with Gasteiger partial charge in [-0.25, -0.2) is 0 Å². The molecule has 0 heterocycles. The van der Waals surface area contributed by atoms with Gasteiger partial charge in [-0.1, -0.05) is 6.92 Å². The summed E-state index contributed by atoms with van der Waals surface area (Å²) >= 11 is 0. The van der Waals surface area contributed by atoms with E-state index < -0.39 is 0 Å². The van der Waals surface area contributed by atoms with E-state index in [1.54, 1.807) is 6.92 Å². The van der Waals surface area contributed by atoms with Gasteiger partial charge >= 0.3 is 5.97 Å². The number of likely N-dealkylation sites (N-methyl/N-ethyl adjacent to an activating group) is 1. The molecule has 0 aromatic carbocycles. The van der Waals surface area contributed by atoms with Gasteiger partial charge in [0.1, 0.15) is 5.78 Å². The van der Waals surface area contributed by atoms with Gasteiger partial charge in [0, 0.05) is 19.6 Å². The van der Waals surface area contributed by atoms with Gasteiger partial charge in [-0.05, 0) is 19.9 Å². The Morgan fingerprint density at radius 3 is 2.47 bits per heavy atom. The Hall–Kier alpha value is -0.940. The Morgan fingerprint density at radius 1 is 1.24 bits per heavy atom. The first-order valence-electron chi connectivity index (χ1n) is 6.14. The molecule has 0 amide bonds. The number of aliphatic hydroxyl groups is 1. The van der Waals surface area contributed by atoms with E-state index in [4.69, 9.17) is 9.84 Å². The third kappa shape index (κ3) is 8.83. The summed E-state index contributed by atoms with van der Waals surface area (Å²) < 4.78 is 4.75. The van der Waals surface area contributed by atoms with E-state index >= 15 is 0 Å². The molecule has 17 heavy (non-hydrogen) atoms. The molecule has 5 heteroatoms. The lowest BCUT2D eigenvalue weighted by Crippen LogP contribution is -2.31. The molecule has 0 aliphatic heterocycles. The molecular weight excluding hydrogens is 222 g/mol. The fourth-order valence-electron chi connectivity index (χ4n) is 1.45. The van der Waals surface area contributed by atoms with Crippen molar-refractivity contribution in [3.05, 3.63) is 0 Å². The van der Waals surface area contributed by atoms with E-state index in [1.807, 2.05) is 11.8 Å². The van der Waals surface area contributed by atoms with Crippen molar-refractivity contribution in [3.8, 4) is 0 Å². The average molecular weight is 245 g/mol. The van der Waals surface area contributed by atoms with E-state index in [-0.39, 0.29) is 31.2 Å². The Kier molecular flexibility index (Phi) is 9.66. The van der Waals surface area contributed by atoms with E-state index in [0.717, 1.165) is 6.54 Å². The molecule has 0 bridgehead atoms. The minimum Gasteiger partial charge on any atom is -0.466 e. The number of nitrogens with zero attached hydrogens (tertiary/aromatic N) is 1. The van der Waals surface area contributed by atoms with Crippen molar-refractivity contribution in [1.82, 2.24) is 4.90 Å². The summed E-state index contributed by atoms with van der Waals surface area (Å²) in [6, 6.07) is 0. The standard InChI is InChI=1S/C12H23NO4/c1-3-13(8-5-9-14)10-11(15)6-7-12(16)17-4-2/h14H,3-10H2,1-2H3. The van der Waals surface area contributed by atoms with Gasteiger partial charge in [0.2, 0.25) is 0 Å². The van der Waals surface area contributed by atoms with Crippen LogP contribution in [0.25, 0.3) is 0 Å². The predicted octanol–water partition coefficient (Wildman–Crippen LogP) is 0.603. The summed E-state index contributed by atoms with van der Waals surface area (Å²) in [6.07, 6.45) is 1.05. The molecular formula is C12H23NO4. The molecule has 0 saturated heterocycles. The highest BCUT2D eigenvalue weighted by Crippen LogP contribution is 1.98. The molecule has 5 nitrogen and oxygen atoms in total. The van der Waals surface area contributed by atoms with Gasteiger partial charge in [-0.3, -0.25) is 14.5 Å². The zero-order chi connectivity index (χ0) is 13.1. The van der Waals surface area contributed by atoms with Crippen LogP contribution < -0.4 is 0 Å².